The van der Waals surface area contributed by atoms with Crippen LogP contribution in [0.25, 0.3) is 0 Å². The Labute approximate surface area is 146 Å². The van der Waals surface area contributed by atoms with Crippen molar-refractivity contribution in [3.8, 4) is 5.75 Å². The van der Waals surface area contributed by atoms with Gasteiger partial charge in [-0.05, 0) is 18.1 Å². The van der Waals surface area contributed by atoms with E-state index in [9.17, 15) is 9.59 Å². The normalized spacial score (nSPS) is 10.6. The number of methoxy groups -OCH3 is 1. The molecule has 0 aliphatic heterocycles. The molecule has 0 bridgehead atoms. The second kappa shape index (κ2) is 8.81. The molecule has 2 aromatic rings. The number of carbonyl (C=O) groups is 2. The van der Waals surface area contributed by atoms with Gasteiger partial charge in [0.15, 0.2) is 5.82 Å². The minimum Gasteiger partial charge on any atom is -0.496 e. The van der Waals surface area contributed by atoms with Crippen LogP contribution >= 0.6 is 0 Å². The molecule has 1 aromatic carbocycles. The Hall–Kier alpha value is -2.90. The minimum absolute atomic E-state index is 0.0382. The highest BCUT2D eigenvalue weighted by molar-refractivity contribution is 5.90. The van der Waals surface area contributed by atoms with E-state index >= 15 is 0 Å². The van der Waals surface area contributed by atoms with Crippen LogP contribution in [-0.4, -0.2) is 40.5 Å². The van der Waals surface area contributed by atoms with Crippen LogP contribution in [0.1, 0.15) is 19.4 Å². The Morgan fingerprint density at radius 2 is 2.04 bits per heavy atom. The van der Waals surface area contributed by atoms with Gasteiger partial charge in [0, 0.05) is 12.5 Å². The third-order valence-corrected chi connectivity index (χ3v) is 3.53. The number of para-hydroxylation sites is 1. The molecule has 2 N–H and O–H groups in total. The Morgan fingerprint density at radius 1 is 1.28 bits per heavy atom. The summed E-state index contributed by atoms with van der Waals surface area (Å²) >= 11 is 0. The number of rotatable bonds is 8. The lowest BCUT2D eigenvalue weighted by molar-refractivity contribution is -0.122. The van der Waals surface area contributed by atoms with Gasteiger partial charge in [0.1, 0.15) is 12.3 Å². The number of hydrogen-bond donors (Lipinski definition) is 2. The molecule has 8 nitrogen and oxygen atoms in total. The average Bonchev–Trinajstić information content (AvgIpc) is 3.02. The summed E-state index contributed by atoms with van der Waals surface area (Å²) in [4.78, 5) is 23.6. The lowest BCUT2D eigenvalue weighted by atomic mass is 10.1. The molecule has 0 unspecified atom stereocenters. The van der Waals surface area contributed by atoms with Crippen molar-refractivity contribution in [1.29, 1.82) is 0 Å². The fraction of sp³-hybridized carbons (Fsp3) is 0.412. The van der Waals surface area contributed by atoms with Gasteiger partial charge in [0.2, 0.25) is 11.8 Å². The maximum absolute atomic E-state index is 12.0. The van der Waals surface area contributed by atoms with E-state index in [1.807, 2.05) is 24.3 Å². The highest BCUT2D eigenvalue weighted by Gasteiger charge is 2.11. The van der Waals surface area contributed by atoms with Crippen LogP contribution in [0.4, 0.5) is 5.82 Å². The van der Waals surface area contributed by atoms with E-state index in [1.165, 1.54) is 10.9 Å². The van der Waals surface area contributed by atoms with Gasteiger partial charge < -0.3 is 15.4 Å². The van der Waals surface area contributed by atoms with Crippen molar-refractivity contribution < 1.29 is 14.3 Å². The van der Waals surface area contributed by atoms with Gasteiger partial charge in [-0.25, -0.2) is 4.68 Å². The summed E-state index contributed by atoms with van der Waals surface area (Å²) in [5.74, 6) is 0.664. The first-order valence-corrected chi connectivity index (χ1v) is 8.09. The molecule has 0 spiro atoms. The maximum atomic E-state index is 12.0. The Morgan fingerprint density at radius 3 is 2.76 bits per heavy atom. The lowest BCUT2D eigenvalue weighted by Gasteiger charge is -2.09. The van der Waals surface area contributed by atoms with E-state index < -0.39 is 0 Å². The number of ether oxygens (including phenoxy) is 1. The molecule has 0 saturated heterocycles. The molecule has 134 valence electrons. The van der Waals surface area contributed by atoms with Crippen LogP contribution in [-0.2, 0) is 22.6 Å². The molecule has 2 amide bonds. The van der Waals surface area contributed by atoms with Crippen molar-refractivity contribution >= 4 is 17.6 Å². The molecule has 0 aliphatic rings. The van der Waals surface area contributed by atoms with Crippen molar-refractivity contribution in [2.75, 3.05) is 19.0 Å². The number of nitrogens with zero attached hydrogens (tertiary/aromatic N) is 3. The van der Waals surface area contributed by atoms with Crippen molar-refractivity contribution in [2.24, 2.45) is 5.92 Å². The van der Waals surface area contributed by atoms with E-state index in [1.54, 1.807) is 21.0 Å². The van der Waals surface area contributed by atoms with Crippen molar-refractivity contribution in [2.45, 2.75) is 26.8 Å². The zero-order chi connectivity index (χ0) is 18.2. The van der Waals surface area contributed by atoms with Crippen LogP contribution in [0, 0.1) is 5.92 Å². The molecule has 1 aromatic heterocycles. The van der Waals surface area contributed by atoms with Crippen LogP contribution in [0.5, 0.6) is 5.75 Å². The number of carbonyl (C=O) groups excluding carboxylic acids is 2. The van der Waals surface area contributed by atoms with Crippen LogP contribution in [0.2, 0.25) is 0 Å². The second-order valence-electron chi connectivity index (χ2n) is 5.86. The highest BCUT2D eigenvalue weighted by atomic mass is 16.5. The van der Waals surface area contributed by atoms with Gasteiger partial charge in [0.05, 0.1) is 13.3 Å². The van der Waals surface area contributed by atoms with Crippen molar-refractivity contribution in [3.05, 3.63) is 36.0 Å². The maximum Gasteiger partial charge on any atom is 0.241 e. The highest BCUT2D eigenvalue weighted by Crippen LogP contribution is 2.17. The molecule has 1 heterocycles. The Bertz CT molecular complexity index is 727. The van der Waals surface area contributed by atoms with Gasteiger partial charge in [-0.15, -0.1) is 5.10 Å². The summed E-state index contributed by atoms with van der Waals surface area (Å²) in [6.45, 7) is 4.10. The molecule has 2 rings (SSSR count). The number of amides is 2. The van der Waals surface area contributed by atoms with Crippen LogP contribution < -0.4 is 15.4 Å². The molecule has 0 radical (unpaired) electrons. The summed E-state index contributed by atoms with van der Waals surface area (Å²) in [5, 5.41) is 13.1. The SMILES string of the molecule is COc1ccccc1CCNC(=O)Cn1cc(NC(=O)C(C)C)nn1. The van der Waals surface area contributed by atoms with Crippen LogP contribution in [0.3, 0.4) is 0 Å². The standard InChI is InChI=1S/C17H23N5O3/c1-12(2)17(24)19-15-10-22(21-20-15)11-16(23)18-9-8-13-6-4-5-7-14(13)25-3/h4-7,10,12H,8-9,11H2,1-3H3,(H,18,23)(H,19,24). The molecule has 0 atom stereocenters. The summed E-state index contributed by atoms with van der Waals surface area (Å²) in [5.41, 5.74) is 1.03. The van der Waals surface area contributed by atoms with E-state index in [0.29, 0.717) is 18.8 Å². The molecular formula is C17H23N5O3. The Balaban J connectivity index is 1.79. The van der Waals surface area contributed by atoms with E-state index in [0.717, 1.165) is 11.3 Å². The number of nitrogens with one attached hydrogen (secondary N) is 2. The number of aromatic nitrogens is 3. The fourth-order valence-electron chi connectivity index (χ4n) is 2.15. The molecule has 0 aliphatic carbocycles. The molecular weight excluding hydrogens is 322 g/mol. The van der Waals surface area contributed by atoms with Gasteiger partial charge >= 0.3 is 0 Å². The zero-order valence-corrected chi connectivity index (χ0v) is 14.7. The number of benzene rings is 1. The third kappa shape index (κ3) is 5.59. The largest absolute Gasteiger partial charge is 0.496 e. The summed E-state index contributed by atoms with van der Waals surface area (Å²) < 4.78 is 6.66. The van der Waals surface area contributed by atoms with Gasteiger partial charge in [-0.1, -0.05) is 37.3 Å². The summed E-state index contributed by atoms with van der Waals surface area (Å²) in [7, 11) is 1.62. The quantitative estimate of drug-likeness (QED) is 0.750. The van der Waals surface area contributed by atoms with Crippen LogP contribution in [0.15, 0.2) is 30.5 Å². The predicted octanol–water partition coefficient (Wildman–Crippen LogP) is 1.24. The first kappa shape index (κ1) is 18.4. The van der Waals surface area contributed by atoms with Gasteiger partial charge in [0.25, 0.3) is 0 Å². The number of anilines is 1. The molecule has 25 heavy (non-hydrogen) atoms. The van der Waals surface area contributed by atoms with Crippen molar-refractivity contribution in [1.82, 2.24) is 20.3 Å². The Kier molecular flexibility index (Phi) is 6.50. The minimum atomic E-state index is -0.179. The summed E-state index contributed by atoms with van der Waals surface area (Å²) in [6, 6.07) is 7.69. The molecule has 0 fully saturated rings. The molecule has 0 saturated carbocycles. The van der Waals surface area contributed by atoms with E-state index in [-0.39, 0.29) is 24.3 Å². The number of hydrogen-bond acceptors (Lipinski definition) is 5. The first-order valence-electron chi connectivity index (χ1n) is 8.09. The summed E-state index contributed by atoms with van der Waals surface area (Å²) in [6.07, 6.45) is 2.20. The fourth-order valence-corrected chi connectivity index (χ4v) is 2.15. The lowest BCUT2D eigenvalue weighted by Crippen LogP contribution is -2.29. The van der Waals surface area contributed by atoms with Gasteiger partial charge in [-0.3, -0.25) is 9.59 Å². The van der Waals surface area contributed by atoms with Crippen molar-refractivity contribution in [3.63, 3.8) is 0 Å². The first-order chi connectivity index (χ1) is 12.0. The van der Waals surface area contributed by atoms with E-state index in [4.69, 9.17) is 4.74 Å². The third-order valence-electron chi connectivity index (χ3n) is 3.53. The average molecular weight is 345 g/mol. The zero-order valence-electron chi connectivity index (χ0n) is 14.7. The topological polar surface area (TPSA) is 98.1 Å². The van der Waals surface area contributed by atoms with Gasteiger partial charge in [-0.2, -0.15) is 0 Å². The monoisotopic (exact) mass is 345 g/mol. The van der Waals surface area contributed by atoms with E-state index in [2.05, 4.69) is 20.9 Å². The second-order valence-corrected chi connectivity index (χ2v) is 5.86. The smallest absolute Gasteiger partial charge is 0.241 e. The molecule has 8 heteroatoms. The predicted molar refractivity (Wildman–Crippen MR) is 93.2 cm³/mol.